The molecule has 3 atom stereocenters. The van der Waals surface area contributed by atoms with Gasteiger partial charge in [-0.1, -0.05) is 6.42 Å². The van der Waals surface area contributed by atoms with Gasteiger partial charge in [0.25, 0.3) is 5.91 Å². The van der Waals surface area contributed by atoms with E-state index in [0.29, 0.717) is 18.3 Å². The fourth-order valence-corrected chi connectivity index (χ4v) is 3.22. The lowest BCUT2D eigenvalue weighted by Gasteiger charge is -2.20. The van der Waals surface area contributed by atoms with Crippen LogP contribution < -0.4 is 11.1 Å². The topological polar surface area (TPSA) is 98.5 Å². The molecule has 0 aromatic rings. The third-order valence-corrected chi connectivity index (χ3v) is 3.94. The van der Waals surface area contributed by atoms with Crippen LogP contribution in [-0.4, -0.2) is 24.5 Å². The van der Waals surface area contributed by atoms with E-state index in [0.717, 1.165) is 12.3 Å². The summed E-state index contributed by atoms with van der Waals surface area (Å²) in [7, 11) is 0. The fraction of sp³-hybridized carbons (Fsp3) is 0.750. The van der Waals surface area contributed by atoms with Crippen LogP contribution in [0.2, 0.25) is 0 Å². The van der Waals surface area contributed by atoms with Crippen molar-refractivity contribution in [2.75, 3.05) is 6.61 Å². The van der Waals surface area contributed by atoms with Crippen molar-refractivity contribution in [1.82, 2.24) is 5.32 Å². The molecule has 2 fully saturated rings. The highest BCUT2D eigenvalue weighted by molar-refractivity contribution is 5.94. The molecule has 3 amide bonds. The summed E-state index contributed by atoms with van der Waals surface area (Å²) in [5, 5.41) is 1.84. The van der Waals surface area contributed by atoms with Gasteiger partial charge in [0, 0.05) is 6.42 Å². The maximum Gasteiger partial charge on any atom is 0.318 e. The molecule has 0 aromatic carbocycles. The minimum atomic E-state index is -0.941. The molecule has 3 unspecified atom stereocenters. The molecule has 6 nitrogen and oxygen atoms in total. The molecule has 2 rings (SSSR count). The Balaban J connectivity index is 1.66. The van der Waals surface area contributed by atoms with Crippen LogP contribution in [0.5, 0.6) is 0 Å². The van der Waals surface area contributed by atoms with E-state index >= 15 is 0 Å². The molecular weight excluding hydrogens is 236 g/mol. The number of fused-ring (bicyclic) bond motifs is 2. The summed E-state index contributed by atoms with van der Waals surface area (Å²) >= 11 is 0. The molecule has 6 heteroatoms. The highest BCUT2D eigenvalue weighted by Crippen LogP contribution is 2.49. The number of esters is 1. The molecule has 100 valence electrons. The van der Waals surface area contributed by atoms with Crippen LogP contribution in [0.4, 0.5) is 4.79 Å². The number of amides is 3. The minimum absolute atomic E-state index is 0.368. The number of hydrogen-bond acceptors (Lipinski definition) is 4. The highest BCUT2D eigenvalue weighted by Gasteiger charge is 2.40. The van der Waals surface area contributed by atoms with Gasteiger partial charge in [-0.3, -0.25) is 14.9 Å². The standard InChI is InChI=1S/C12H18N2O4/c13-12(17)14-10(15)6-18-11(16)5-9-4-7-1-2-8(9)3-7/h7-9H,1-6H2,(H3,13,14,15,17). The summed E-state index contributed by atoms with van der Waals surface area (Å²) in [5.41, 5.74) is 4.76. The first-order chi connectivity index (χ1) is 8.54. The Kier molecular flexibility index (Phi) is 3.84. The van der Waals surface area contributed by atoms with Crippen LogP contribution in [0, 0.1) is 17.8 Å². The van der Waals surface area contributed by atoms with E-state index in [1.165, 1.54) is 19.3 Å². The zero-order valence-electron chi connectivity index (χ0n) is 10.2. The maximum absolute atomic E-state index is 11.5. The Hall–Kier alpha value is -1.59. The fourth-order valence-electron chi connectivity index (χ4n) is 3.22. The number of nitrogens with two attached hydrogens (primary N) is 1. The number of hydrogen-bond donors (Lipinski definition) is 2. The van der Waals surface area contributed by atoms with Crippen LogP contribution in [0.1, 0.15) is 32.1 Å². The van der Waals surface area contributed by atoms with Crippen molar-refractivity contribution < 1.29 is 19.1 Å². The molecule has 0 aromatic heterocycles. The van der Waals surface area contributed by atoms with E-state index in [1.54, 1.807) is 0 Å². The number of imide groups is 1. The molecule has 2 saturated carbocycles. The number of urea groups is 1. The first kappa shape index (κ1) is 12.9. The van der Waals surface area contributed by atoms with Crippen molar-refractivity contribution in [2.45, 2.75) is 32.1 Å². The molecule has 18 heavy (non-hydrogen) atoms. The molecule has 0 aliphatic heterocycles. The van der Waals surface area contributed by atoms with Gasteiger partial charge in [-0.05, 0) is 37.0 Å². The minimum Gasteiger partial charge on any atom is -0.456 e. The summed E-state index contributed by atoms with van der Waals surface area (Å²) in [6.07, 6.45) is 5.22. The van der Waals surface area contributed by atoms with Gasteiger partial charge in [-0.2, -0.15) is 0 Å². The Bertz CT molecular complexity index is 369. The van der Waals surface area contributed by atoms with Crippen molar-refractivity contribution in [2.24, 2.45) is 23.5 Å². The Morgan fingerprint density at radius 2 is 2.00 bits per heavy atom. The molecule has 2 bridgehead atoms. The van der Waals surface area contributed by atoms with Gasteiger partial charge in [-0.15, -0.1) is 0 Å². The summed E-state index contributed by atoms with van der Waals surface area (Å²) < 4.78 is 4.82. The second-order valence-corrected chi connectivity index (χ2v) is 5.21. The predicted molar refractivity (Wildman–Crippen MR) is 62.2 cm³/mol. The zero-order valence-corrected chi connectivity index (χ0v) is 10.2. The van der Waals surface area contributed by atoms with E-state index in [9.17, 15) is 14.4 Å². The Morgan fingerprint density at radius 3 is 2.56 bits per heavy atom. The second-order valence-electron chi connectivity index (χ2n) is 5.21. The maximum atomic E-state index is 11.5. The number of primary amides is 1. The van der Waals surface area contributed by atoms with Crippen LogP contribution in [0.25, 0.3) is 0 Å². The smallest absolute Gasteiger partial charge is 0.318 e. The van der Waals surface area contributed by atoms with Gasteiger partial charge in [0.05, 0.1) is 0 Å². The van der Waals surface area contributed by atoms with Crippen molar-refractivity contribution in [3.63, 3.8) is 0 Å². The molecule has 3 N–H and O–H groups in total. The van der Waals surface area contributed by atoms with Crippen molar-refractivity contribution >= 4 is 17.9 Å². The third-order valence-electron chi connectivity index (χ3n) is 3.94. The summed E-state index contributed by atoms with van der Waals surface area (Å²) in [6, 6.07) is -0.941. The van der Waals surface area contributed by atoms with Crippen LogP contribution >= 0.6 is 0 Å². The SMILES string of the molecule is NC(=O)NC(=O)COC(=O)CC1CC2CCC1C2. The molecule has 0 saturated heterocycles. The first-order valence-corrected chi connectivity index (χ1v) is 6.29. The average Bonchev–Trinajstić information content (AvgIpc) is 2.87. The lowest BCUT2D eigenvalue weighted by atomic mass is 9.86. The van der Waals surface area contributed by atoms with Crippen molar-refractivity contribution in [1.29, 1.82) is 0 Å². The van der Waals surface area contributed by atoms with E-state index in [2.05, 4.69) is 0 Å². The van der Waals surface area contributed by atoms with Gasteiger partial charge >= 0.3 is 12.0 Å². The monoisotopic (exact) mass is 254 g/mol. The van der Waals surface area contributed by atoms with Gasteiger partial charge < -0.3 is 10.5 Å². The zero-order chi connectivity index (χ0) is 13.1. The molecule has 2 aliphatic carbocycles. The normalized spacial score (nSPS) is 29.0. The van der Waals surface area contributed by atoms with Gasteiger partial charge in [0.15, 0.2) is 6.61 Å². The molecule has 0 radical (unpaired) electrons. The third kappa shape index (κ3) is 3.21. The van der Waals surface area contributed by atoms with Gasteiger partial charge in [0.1, 0.15) is 0 Å². The van der Waals surface area contributed by atoms with Gasteiger partial charge in [0.2, 0.25) is 0 Å². The number of ether oxygens (including phenoxy) is 1. The van der Waals surface area contributed by atoms with Gasteiger partial charge in [-0.25, -0.2) is 4.79 Å². The Morgan fingerprint density at radius 1 is 1.22 bits per heavy atom. The quantitative estimate of drug-likeness (QED) is 0.716. The molecule has 0 heterocycles. The van der Waals surface area contributed by atoms with Crippen molar-refractivity contribution in [3.8, 4) is 0 Å². The molecular formula is C12H18N2O4. The van der Waals surface area contributed by atoms with Crippen LogP contribution in [0.3, 0.4) is 0 Å². The predicted octanol–water partition coefficient (Wildman–Crippen LogP) is 0.551. The number of rotatable bonds is 4. The second kappa shape index (κ2) is 5.37. The number of nitrogens with one attached hydrogen (secondary N) is 1. The molecule has 2 aliphatic rings. The van der Waals surface area contributed by atoms with E-state index in [1.807, 2.05) is 5.32 Å². The van der Waals surface area contributed by atoms with E-state index < -0.39 is 18.5 Å². The van der Waals surface area contributed by atoms with Crippen LogP contribution in [0.15, 0.2) is 0 Å². The summed E-state index contributed by atoms with van der Waals surface area (Å²) in [4.78, 5) is 33.0. The largest absolute Gasteiger partial charge is 0.456 e. The van der Waals surface area contributed by atoms with E-state index in [4.69, 9.17) is 10.5 Å². The van der Waals surface area contributed by atoms with Crippen molar-refractivity contribution in [3.05, 3.63) is 0 Å². The first-order valence-electron chi connectivity index (χ1n) is 6.29. The summed E-state index contributed by atoms with van der Waals surface area (Å²) in [5.74, 6) is 0.791. The summed E-state index contributed by atoms with van der Waals surface area (Å²) in [6.45, 7) is -0.442. The number of carbonyl (C=O) groups excluding carboxylic acids is 3. The highest BCUT2D eigenvalue weighted by atomic mass is 16.5. The average molecular weight is 254 g/mol. The van der Waals surface area contributed by atoms with Crippen LogP contribution in [-0.2, 0) is 14.3 Å². The lowest BCUT2D eigenvalue weighted by Crippen LogP contribution is -2.37. The molecule has 0 spiro atoms. The lowest BCUT2D eigenvalue weighted by molar-refractivity contribution is -0.149. The van der Waals surface area contributed by atoms with E-state index in [-0.39, 0.29) is 5.97 Å². The Labute approximate surface area is 105 Å². The number of carbonyl (C=O) groups is 3.